The average molecular weight is 415 g/mol. The van der Waals surface area contributed by atoms with Gasteiger partial charge in [0.25, 0.3) is 0 Å². The third kappa shape index (κ3) is 5.01. The van der Waals surface area contributed by atoms with Crippen LogP contribution >= 0.6 is 0 Å². The number of anilines is 1. The van der Waals surface area contributed by atoms with Crippen molar-refractivity contribution in [3.05, 3.63) is 60.9 Å². The Labute approximate surface area is 170 Å². The van der Waals surface area contributed by atoms with E-state index in [1.807, 2.05) is 0 Å². The van der Waals surface area contributed by atoms with Crippen LogP contribution in [0.15, 0.2) is 60.9 Å². The molecule has 0 bridgehead atoms. The molecule has 1 aromatic heterocycles. The average Bonchev–Trinajstić information content (AvgIpc) is 3.04. The number of nitrogens with zero attached hydrogens (tertiary/aromatic N) is 2. The van der Waals surface area contributed by atoms with Gasteiger partial charge in [-0.05, 0) is 45.0 Å². The number of fused-ring (bicyclic) bond motifs is 1. The topological polar surface area (TPSA) is 101 Å². The van der Waals surface area contributed by atoms with E-state index in [1.165, 1.54) is 35.0 Å². The van der Waals surface area contributed by atoms with Crippen molar-refractivity contribution in [3.8, 4) is 5.75 Å². The fourth-order valence-corrected chi connectivity index (χ4v) is 3.00. The van der Waals surface area contributed by atoms with Crippen molar-refractivity contribution < 1.29 is 27.8 Å². The van der Waals surface area contributed by atoms with Crippen molar-refractivity contribution >= 4 is 39.9 Å². The van der Waals surface area contributed by atoms with Crippen LogP contribution in [0.2, 0.25) is 0 Å². The molecule has 9 heteroatoms. The zero-order valence-electron chi connectivity index (χ0n) is 16.0. The summed E-state index contributed by atoms with van der Waals surface area (Å²) in [5, 5.41) is 1.23. The summed E-state index contributed by atoms with van der Waals surface area (Å²) in [5.41, 5.74) is -0.579. The predicted molar refractivity (Wildman–Crippen MR) is 107 cm³/mol. The molecule has 3 rings (SSSR count). The normalized spacial score (nSPS) is 12.4. The van der Waals surface area contributed by atoms with Crippen molar-refractivity contribution in [2.24, 2.45) is 0 Å². The first-order valence-corrected chi connectivity index (χ1v) is 9.69. The molecule has 0 saturated heterocycles. The van der Waals surface area contributed by atoms with Crippen molar-refractivity contribution in [1.82, 2.24) is 4.57 Å². The van der Waals surface area contributed by atoms with E-state index in [-0.39, 0.29) is 11.4 Å². The standard InChI is InChI=1S/C20H20N2O6S/c1-20(2,3)28-18(23)21-12-14-9-10-16(11-15(14)13-21)22(29(25)26)19(24)27-17-7-5-4-6-8-17/h4-13H,1-3H3,(H,25,26)/p-1. The summed E-state index contributed by atoms with van der Waals surface area (Å²) in [6.07, 6.45) is 1.42. The summed E-state index contributed by atoms with van der Waals surface area (Å²) in [6, 6.07) is 12.6. The Balaban J connectivity index is 1.89. The van der Waals surface area contributed by atoms with Gasteiger partial charge in [0.1, 0.15) is 11.4 Å². The van der Waals surface area contributed by atoms with E-state index in [0.717, 1.165) is 0 Å². The second-order valence-corrected chi connectivity index (χ2v) is 7.95. The third-order valence-corrected chi connectivity index (χ3v) is 4.39. The first-order valence-electron chi connectivity index (χ1n) is 8.65. The molecule has 0 radical (unpaired) electrons. The summed E-state index contributed by atoms with van der Waals surface area (Å²) in [6.45, 7) is 5.27. The molecule has 1 amide bonds. The van der Waals surface area contributed by atoms with E-state index >= 15 is 0 Å². The van der Waals surface area contributed by atoms with E-state index in [1.54, 1.807) is 51.2 Å². The number of hydrogen-bond donors (Lipinski definition) is 0. The smallest absolute Gasteiger partial charge is 0.431 e. The Hall–Kier alpha value is -3.17. The summed E-state index contributed by atoms with van der Waals surface area (Å²) >= 11 is -2.91. The number of amides is 1. The number of aromatic nitrogens is 1. The molecule has 1 unspecified atom stereocenters. The van der Waals surface area contributed by atoms with Crippen molar-refractivity contribution in [2.45, 2.75) is 26.4 Å². The highest BCUT2D eigenvalue weighted by atomic mass is 32.2. The molecule has 0 spiro atoms. The van der Waals surface area contributed by atoms with Crippen molar-refractivity contribution in [2.75, 3.05) is 4.31 Å². The Morgan fingerprint density at radius 3 is 2.31 bits per heavy atom. The largest absolute Gasteiger partial charge is 0.755 e. The molecule has 152 valence electrons. The molecule has 29 heavy (non-hydrogen) atoms. The van der Waals surface area contributed by atoms with Crippen LogP contribution in [0.5, 0.6) is 5.75 Å². The van der Waals surface area contributed by atoms with E-state index in [0.29, 0.717) is 15.1 Å². The summed E-state index contributed by atoms with van der Waals surface area (Å²) < 4.78 is 35.6. The zero-order chi connectivity index (χ0) is 21.2. The quantitative estimate of drug-likeness (QED) is 0.594. The molecule has 3 aromatic rings. The lowest BCUT2D eigenvalue weighted by Crippen LogP contribution is -2.35. The second-order valence-electron chi connectivity index (χ2n) is 7.15. The molecular weight excluding hydrogens is 396 g/mol. The first kappa shape index (κ1) is 20.6. The predicted octanol–water partition coefficient (Wildman–Crippen LogP) is 4.22. The van der Waals surface area contributed by atoms with Gasteiger partial charge in [0.05, 0.1) is 17.0 Å². The van der Waals surface area contributed by atoms with E-state index in [4.69, 9.17) is 9.47 Å². The summed E-state index contributed by atoms with van der Waals surface area (Å²) in [5.74, 6) is 0.213. The maximum absolute atomic E-state index is 12.4. The van der Waals surface area contributed by atoms with Crippen molar-refractivity contribution in [3.63, 3.8) is 0 Å². The van der Waals surface area contributed by atoms with Gasteiger partial charge in [-0.1, -0.05) is 24.3 Å². The fourth-order valence-electron chi connectivity index (χ4n) is 2.56. The van der Waals surface area contributed by atoms with Crippen LogP contribution in [0.25, 0.3) is 10.8 Å². The molecule has 0 aliphatic rings. The molecule has 0 fully saturated rings. The van der Waals surface area contributed by atoms with E-state index in [9.17, 15) is 18.4 Å². The molecule has 1 atom stereocenters. The minimum atomic E-state index is -2.91. The summed E-state index contributed by atoms with van der Waals surface area (Å²) in [4.78, 5) is 24.6. The summed E-state index contributed by atoms with van der Waals surface area (Å²) in [7, 11) is 0. The number of carbonyl (C=O) groups is 2. The minimum Gasteiger partial charge on any atom is -0.755 e. The van der Waals surface area contributed by atoms with Gasteiger partial charge in [-0.2, -0.15) is 0 Å². The molecule has 1 heterocycles. The first-order chi connectivity index (χ1) is 13.6. The van der Waals surface area contributed by atoms with Gasteiger partial charge < -0.3 is 14.0 Å². The molecule has 0 aliphatic heterocycles. The van der Waals surface area contributed by atoms with Crippen LogP contribution in [0.1, 0.15) is 20.8 Å². The van der Waals surface area contributed by atoms with Crippen LogP contribution in [0.3, 0.4) is 0 Å². The Bertz CT molecular complexity index is 1070. The number of ether oxygens (including phenoxy) is 2. The fraction of sp³-hybridized carbons (Fsp3) is 0.200. The van der Waals surface area contributed by atoms with Crippen LogP contribution < -0.4 is 9.04 Å². The molecular formula is C20H19N2O6S-. The van der Waals surface area contributed by atoms with Gasteiger partial charge in [0.15, 0.2) is 0 Å². The van der Waals surface area contributed by atoms with Crippen LogP contribution in [0.4, 0.5) is 15.3 Å². The molecule has 0 saturated carbocycles. The van der Waals surface area contributed by atoms with Crippen LogP contribution in [0, 0.1) is 0 Å². The van der Waals surface area contributed by atoms with E-state index in [2.05, 4.69) is 0 Å². The van der Waals surface area contributed by atoms with E-state index < -0.39 is 29.1 Å². The lowest BCUT2D eigenvalue weighted by Gasteiger charge is -2.23. The Kier molecular flexibility index (Phi) is 5.71. The van der Waals surface area contributed by atoms with Gasteiger partial charge in [0.2, 0.25) is 0 Å². The zero-order valence-corrected chi connectivity index (χ0v) is 16.8. The highest BCUT2D eigenvalue weighted by molar-refractivity contribution is 7.81. The Morgan fingerprint density at radius 2 is 1.69 bits per heavy atom. The highest BCUT2D eigenvalue weighted by Gasteiger charge is 2.21. The highest BCUT2D eigenvalue weighted by Crippen LogP contribution is 2.25. The van der Waals surface area contributed by atoms with Crippen molar-refractivity contribution in [1.29, 1.82) is 0 Å². The van der Waals surface area contributed by atoms with Gasteiger partial charge in [-0.25, -0.2) is 13.9 Å². The maximum Gasteiger partial charge on any atom is 0.431 e. The Morgan fingerprint density at radius 1 is 1.03 bits per heavy atom. The molecule has 0 N–H and O–H groups in total. The number of hydrogen-bond acceptors (Lipinski definition) is 6. The second kappa shape index (κ2) is 8.06. The number of carbonyl (C=O) groups excluding carboxylic acids is 2. The number of para-hydroxylation sites is 1. The molecule has 8 nitrogen and oxygen atoms in total. The lowest BCUT2D eigenvalue weighted by atomic mass is 10.2. The monoisotopic (exact) mass is 415 g/mol. The molecule has 0 aliphatic carbocycles. The molecule has 2 aromatic carbocycles. The van der Waals surface area contributed by atoms with Crippen LogP contribution in [-0.2, 0) is 16.0 Å². The SMILES string of the molecule is CC(C)(C)OC(=O)n1cc2ccc(N(C(=O)Oc3ccccc3)S(=O)[O-])cc2c1. The maximum atomic E-state index is 12.4. The number of benzene rings is 2. The van der Waals surface area contributed by atoms with Gasteiger partial charge >= 0.3 is 12.2 Å². The van der Waals surface area contributed by atoms with Crippen LogP contribution in [-0.4, -0.2) is 31.1 Å². The minimum absolute atomic E-state index is 0.0775. The lowest BCUT2D eigenvalue weighted by molar-refractivity contribution is 0.0537. The van der Waals surface area contributed by atoms with Gasteiger partial charge in [-0.15, -0.1) is 0 Å². The van der Waals surface area contributed by atoms with Gasteiger partial charge in [-0.3, -0.25) is 8.78 Å². The third-order valence-electron chi connectivity index (χ3n) is 3.73. The number of rotatable bonds is 3. The van der Waals surface area contributed by atoms with Gasteiger partial charge in [0, 0.05) is 23.2 Å².